The van der Waals surface area contributed by atoms with Crippen LogP contribution in [0.4, 0.5) is 0 Å². The van der Waals surface area contributed by atoms with E-state index in [4.69, 9.17) is 24.5 Å². The van der Waals surface area contributed by atoms with E-state index < -0.39 is 54.7 Å². The van der Waals surface area contributed by atoms with Crippen molar-refractivity contribution in [2.75, 3.05) is 6.61 Å². The van der Waals surface area contributed by atoms with E-state index in [-0.39, 0.29) is 22.3 Å². The van der Waals surface area contributed by atoms with Gasteiger partial charge in [-0.15, -0.1) is 0 Å². The molecule has 0 radical (unpaired) electrons. The van der Waals surface area contributed by atoms with Crippen LogP contribution in [0.5, 0.6) is 0 Å². The van der Waals surface area contributed by atoms with Gasteiger partial charge in [0.25, 0.3) is 0 Å². The number of rotatable bonds is 7. The SMILES string of the molecule is C.C.C.O=P(O)(O)OC[C@H]1O[C@H](OP(=O)(O)OP(=O)(O)O)[C@H](O)[C@@H]1O. The molecule has 156 valence electrons. The lowest BCUT2D eigenvalue weighted by Gasteiger charge is -2.18. The molecule has 14 nitrogen and oxygen atoms in total. The van der Waals surface area contributed by atoms with Gasteiger partial charge in [-0.3, -0.25) is 9.05 Å². The van der Waals surface area contributed by atoms with Gasteiger partial charge in [0.15, 0.2) is 6.29 Å². The number of aliphatic hydroxyl groups excluding tert-OH is 2. The lowest BCUT2D eigenvalue weighted by molar-refractivity contribution is -0.125. The Hall–Kier alpha value is 0.250. The fourth-order valence-corrected chi connectivity index (χ4v) is 3.40. The fraction of sp³-hybridized carbons (Fsp3) is 1.00. The second-order valence-electron chi connectivity index (χ2n) is 3.96. The van der Waals surface area contributed by atoms with Crippen molar-refractivity contribution in [2.24, 2.45) is 0 Å². The topological polar surface area (TPSA) is 230 Å². The molecule has 1 heterocycles. The van der Waals surface area contributed by atoms with Crippen molar-refractivity contribution in [2.45, 2.75) is 46.9 Å². The Morgan fingerprint density at radius 3 is 1.72 bits per heavy atom. The van der Waals surface area contributed by atoms with Crippen LogP contribution in [0.25, 0.3) is 0 Å². The van der Waals surface area contributed by atoms with Crippen molar-refractivity contribution in [3.63, 3.8) is 0 Å². The largest absolute Gasteiger partial charge is 0.483 e. The van der Waals surface area contributed by atoms with E-state index >= 15 is 0 Å². The summed E-state index contributed by atoms with van der Waals surface area (Å²) < 4.78 is 48.5. The highest BCUT2D eigenvalue weighted by molar-refractivity contribution is 7.60. The maximum absolute atomic E-state index is 11.3. The molecule has 0 aromatic heterocycles. The van der Waals surface area contributed by atoms with Gasteiger partial charge in [-0.25, -0.2) is 13.7 Å². The Labute approximate surface area is 144 Å². The van der Waals surface area contributed by atoms with Gasteiger partial charge in [0, 0.05) is 0 Å². The fourth-order valence-electron chi connectivity index (χ4n) is 1.39. The molecule has 25 heavy (non-hydrogen) atoms. The molecule has 1 fully saturated rings. The van der Waals surface area contributed by atoms with Crippen LogP contribution in [0, 0.1) is 0 Å². The van der Waals surface area contributed by atoms with Crippen LogP contribution in [0.3, 0.4) is 0 Å². The summed E-state index contributed by atoms with van der Waals surface area (Å²) in [6.07, 6.45) is -7.43. The number of hydrogen-bond acceptors (Lipinski definition) is 9. The maximum Gasteiger partial charge on any atom is 0.483 e. The monoisotopic (exact) mass is 438 g/mol. The number of ether oxygens (including phenoxy) is 1. The molecule has 1 aliphatic rings. The van der Waals surface area contributed by atoms with Gasteiger partial charge in [-0.1, -0.05) is 22.3 Å². The molecule has 5 atom stereocenters. The molecule has 0 aliphatic carbocycles. The van der Waals surface area contributed by atoms with Gasteiger partial charge in [-0.2, -0.15) is 4.31 Å². The van der Waals surface area contributed by atoms with Gasteiger partial charge in [0.2, 0.25) is 0 Å². The first-order chi connectivity index (χ1) is 9.70. The lowest BCUT2D eigenvalue weighted by atomic mass is 10.1. The summed E-state index contributed by atoms with van der Waals surface area (Å²) in [6, 6.07) is 0. The first kappa shape index (κ1) is 30.0. The highest BCUT2D eigenvalue weighted by Gasteiger charge is 2.48. The molecule has 1 unspecified atom stereocenters. The van der Waals surface area contributed by atoms with Crippen molar-refractivity contribution < 1.29 is 66.5 Å². The quantitative estimate of drug-likeness (QED) is 0.253. The number of phosphoric acid groups is 3. The number of phosphoric ester groups is 2. The minimum absolute atomic E-state index is 0. The molecule has 0 saturated carbocycles. The second kappa shape index (κ2) is 10.5. The van der Waals surface area contributed by atoms with Crippen molar-refractivity contribution >= 4 is 23.5 Å². The Kier molecular flexibility index (Phi) is 12.7. The molecule has 0 amide bonds. The highest BCUT2D eigenvalue weighted by Crippen LogP contribution is 2.58. The molecule has 0 bridgehead atoms. The molecular weight excluding hydrogens is 413 g/mol. The predicted molar refractivity (Wildman–Crippen MR) is 82.9 cm³/mol. The van der Waals surface area contributed by atoms with Gasteiger partial charge in [0.05, 0.1) is 6.61 Å². The summed E-state index contributed by atoms with van der Waals surface area (Å²) in [4.78, 5) is 42.8. The lowest BCUT2D eigenvalue weighted by Crippen LogP contribution is -2.34. The van der Waals surface area contributed by atoms with Crippen LogP contribution in [0.15, 0.2) is 0 Å². The third-order valence-corrected chi connectivity index (χ3v) is 4.81. The Morgan fingerprint density at radius 2 is 1.32 bits per heavy atom. The van der Waals surface area contributed by atoms with E-state index in [1.54, 1.807) is 0 Å². The first-order valence-electron chi connectivity index (χ1n) is 5.20. The minimum atomic E-state index is -5.39. The molecule has 1 aliphatic heterocycles. The van der Waals surface area contributed by atoms with Crippen LogP contribution in [-0.4, -0.2) is 65.9 Å². The van der Waals surface area contributed by atoms with E-state index in [1.165, 1.54) is 0 Å². The Balaban J connectivity index is -0.00000161. The van der Waals surface area contributed by atoms with Gasteiger partial charge in [-0.05, 0) is 0 Å². The first-order valence-corrected chi connectivity index (χ1v) is 9.75. The third kappa shape index (κ3) is 10.9. The van der Waals surface area contributed by atoms with Crippen LogP contribution < -0.4 is 0 Å². The third-order valence-electron chi connectivity index (χ3n) is 2.17. The Morgan fingerprint density at radius 1 is 0.840 bits per heavy atom. The summed E-state index contributed by atoms with van der Waals surface area (Å²) >= 11 is 0. The molecular formula is C8H25O14P3. The molecule has 0 spiro atoms. The van der Waals surface area contributed by atoms with Crippen molar-refractivity contribution in [1.29, 1.82) is 0 Å². The molecule has 1 saturated heterocycles. The molecule has 7 N–H and O–H groups in total. The zero-order valence-corrected chi connectivity index (χ0v) is 13.0. The molecule has 1 rings (SSSR count). The molecule has 0 aromatic carbocycles. The van der Waals surface area contributed by atoms with Crippen LogP contribution in [-0.2, 0) is 31.8 Å². The standard InChI is InChI=1S/C5H13O14P3.3CH4/c6-3-2(1-16-20(8,9)10)17-5(4(3)7)18-22(14,15)19-21(11,12)13;;;/h2-7H,1H2,(H,14,15)(H2,8,9,10)(H2,11,12,13);3*1H4/t2-,3-,4-,5-;;;/m1.../s1. The average Bonchev–Trinajstić information content (AvgIpc) is 2.49. The van der Waals surface area contributed by atoms with Crippen molar-refractivity contribution in [3.8, 4) is 0 Å². The summed E-state index contributed by atoms with van der Waals surface area (Å²) in [5.74, 6) is 0. The number of aliphatic hydroxyl groups is 2. The van der Waals surface area contributed by atoms with Crippen LogP contribution >= 0.6 is 23.5 Å². The summed E-state index contributed by atoms with van der Waals surface area (Å²) in [5, 5.41) is 19.0. The summed E-state index contributed by atoms with van der Waals surface area (Å²) in [6.45, 7) is -0.905. The van der Waals surface area contributed by atoms with E-state index in [1.807, 2.05) is 0 Å². The molecule has 17 heteroatoms. The van der Waals surface area contributed by atoms with E-state index in [0.717, 1.165) is 0 Å². The molecule has 0 aromatic rings. The zero-order chi connectivity index (χ0) is 17.3. The van der Waals surface area contributed by atoms with E-state index in [9.17, 15) is 23.9 Å². The summed E-state index contributed by atoms with van der Waals surface area (Å²) in [5.41, 5.74) is 0. The Bertz CT molecular complexity index is 526. The smallest absolute Gasteiger partial charge is 0.387 e. The summed E-state index contributed by atoms with van der Waals surface area (Å²) in [7, 11) is -15.7. The average molecular weight is 438 g/mol. The van der Waals surface area contributed by atoms with E-state index in [0.29, 0.717) is 0 Å². The van der Waals surface area contributed by atoms with Crippen molar-refractivity contribution in [3.05, 3.63) is 0 Å². The van der Waals surface area contributed by atoms with Gasteiger partial charge < -0.3 is 39.4 Å². The zero-order valence-electron chi connectivity index (χ0n) is 10.3. The van der Waals surface area contributed by atoms with Gasteiger partial charge >= 0.3 is 23.5 Å². The van der Waals surface area contributed by atoms with Crippen LogP contribution in [0.2, 0.25) is 0 Å². The van der Waals surface area contributed by atoms with Gasteiger partial charge in [0.1, 0.15) is 18.3 Å². The normalized spacial score (nSPS) is 28.9. The highest BCUT2D eigenvalue weighted by atomic mass is 31.3. The van der Waals surface area contributed by atoms with Crippen molar-refractivity contribution in [1.82, 2.24) is 0 Å². The minimum Gasteiger partial charge on any atom is -0.387 e. The van der Waals surface area contributed by atoms with Crippen LogP contribution in [0.1, 0.15) is 22.3 Å². The second-order valence-corrected chi connectivity index (χ2v) is 7.98. The predicted octanol–water partition coefficient (Wildman–Crippen LogP) is -0.323. The maximum atomic E-state index is 11.3. The van der Waals surface area contributed by atoms with E-state index in [2.05, 4.69) is 18.1 Å². The number of hydrogen-bond donors (Lipinski definition) is 7.